The molecule has 0 spiro atoms. The fourth-order valence-corrected chi connectivity index (χ4v) is 2.54. The average molecular weight is 290 g/mol. The van der Waals surface area contributed by atoms with E-state index in [0.29, 0.717) is 22.1 Å². The van der Waals surface area contributed by atoms with Crippen LogP contribution in [0.5, 0.6) is 5.75 Å². The van der Waals surface area contributed by atoms with Crippen LogP contribution in [0, 0.1) is 6.92 Å². The highest BCUT2D eigenvalue weighted by Crippen LogP contribution is 2.20. The lowest BCUT2D eigenvalue weighted by Gasteiger charge is -2.09. The van der Waals surface area contributed by atoms with Crippen molar-refractivity contribution in [3.05, 3.63) is 41.7 Å². The molecule has 0 aliphatic heterocycles. The lowest BCUT2D eigenvalue weighted by Crippen LogP contribution is -2.31. The van der Waals surface area contributed by atoms with Gasteiger partial charge >= 0.3 is 7.12 Å². The molecule has 0 saturated carbocycles. The average Bonchev–Trinajstić information content (AvgIpc) is 2.45. The molecule has 0 saturated heterocycles. The second kappa shape index (κ2) is 6.74. The number of hydrogen-bond donors (Lipinski definition) is 2. The SMILES string of the molecule is COc1ccc(CSc2nccc(C)n2)cc1B(O)O. The molecule has 1 aromatic carbocycles. The van der Waals surface area contributed by atoms with Gasteiger partial charge in [-0.25, -0.2) is 9.97 Å². The molecule has 0 atom stereocenters. The van der Waals surface area contributed by atoms with Crippen LogP contribution in [-0.4, -0.2) is 34.2 Å². The van der Waals surface area contributed by atoms with E-state index < -0.39 is 7.12 Å². The van der Waals surface area contributed by atoms with Crippen molar-refractivity contribution in [2.75, 3.05) is 7.11 Å². The Morgan fingerprint density at radius 3 is 2.75 bits per heavy atom. The Morgan fingerprint density at radius 1 is 1.30 bits per heavy atom. The third kappa shape index (κ3) is 3.72. The molecule has 5 nitrogen and oxygen atoms in total. The predicted octanol–water partition coefficient (Wildman–Crippen LogP) is 0.766. The van der Waals surface area contributed by atoms with Gasteiger partial charge < -0.3 is 14.8 Å². The second-order valence-electron chi connectivity index (χ2n) is 4.22. The molecule has 0 amide bonds. The van der Waals surface area contributed by atoms with Gasteiger partial charge in [-0.05, 0) is 24.6 Å². The van der Waals surface area contributed by atoms with E-state index in [-0.39, 0.29) is 0 Å². The zero-order valence-electron chi connectivity index (χ0n) is 11.3. The van der Waals surface area contributed by atoms with Crippen LogP contribution in [0.4, 0.5) is 0 Å². The summed E-state index contributed by atoms with van der Waals surface area (Å²) in [5.41, 5.74) is 2.23. The van der Waals surface area contributed by atoms with Crippen molar-refractivity contribution in [1.29, 1.82) is 0 Å². The van der Waals surface area contributed by atoms with Crippen LogP contribution < -0.4 is 10.2 Å². The third-order valence-electron chi connectivity index (χ3n) is 2.71. The highest BCUT2D eigenvalue weighted by Gasteiger charge is 2.17. The molecule has 0 bridgehead atoms. The monoisotopic (exact) mass is 290 g/mol. The Bertz CT molecular complexity index is 596. The first-order chi connectivity index (χ1) is 9.60. The van der Waals surface area contributed by atoms with Crippen molar-refractivity contribution < 1.29 is 14.8 Å². The summed E-state index contributed by atoms with van der Waals surface area (Å²) in [6, 6.07) is 7.17. The van der Waals surface area contributed by atoms with Crippen LogP contribution in [0.3, 0.4) is 0 Å². The molecule has 0 aliphatic rings. The molecule has 0 fully saturated rings. The first-order valence-electron chi connectivity index (χ1n) is 6.05. The minimum Gasteiger partial charge on any atom is -0.497 e. The number of benzene rings is 1. The highest BCUT2D eigenvalue weighted by atomic mass is 32.2. The van der Waals surface area contributed by atoms with Crippen molar-refractivity contribution in [3.8, 4) is 5.75 Å². The normalized spacial score (nSPS) is 10.4. The number of aromatic nitrogens is 2. The minimum absolute atomic E-state index is 0.357. The lowest BCUT2D eigenvalue weighted by atomic mass is 9.79. The fourth-order valence-electron chi connectivity index (χ4n) is 1.72. The molecule has 7 heteroatoms. The lowest BCUT2D eigenvalue weighted by molar-refractivity contribution is 0.403. The van der Waals surface area contributed by atoms with Gasteiger partial charge in [0.25, 0.3) is 0 Å². The van der Waals surface area contributed by atoms with E-state index in [4.69, 9.17) is 4.74 Å². The first kappa shape index (κ1) is 14.8. The standard InChI is InChI=1S/C13H15BN2O3S/c1-9-5-6-15-13(16-9)20-8-10-3-4-12(19-2)11(7-10)14(17)18/h3-7,17-18H,8H2,1-2H3. The number of aryl methyl sites for hydroxylation is 1. The maximum atomic E-state index is 9.33. The largest absolute Gasteiger partial charge is 0.497 e. The summed E-state index contributed by atoms with van der Waals surface area (Å²) < 4.78 is 5.09. The smallest absolute Gasteiger partial charge is 0.492 e. The Morgan fingerprint density at radius 2 is 2.10 bits per heavy atom. The maximum absolute atomic E-state index is 9.33. The van der Waals surface area contributed by atoms with Gasteiger partial charge in [0, 0.05) is 23.1 Å². The topological polar surface area (TPSA) is 75.5 Å². The molecule has 0 radical (unpaired) electrons. The quantitative estimate of drug-likeness (QED) is 0.481. The van der Waals surface area contributed by atoms with E-state index in [1.54, 1.807) is 18.3 Å². The van der Waals surface area contributed by atoms with E-state index in [0.717, 1.165) is 11.3 Å². The Kier molecular flexibility index (Phi) is 5.00. The van der Waals surface area contributed by atoms with Crippen LogP contribution in [0.15, 0.2) is 35.6 Å². The van der Waals surface area contributed by atoms with Gasteiger partial charge in [0.15, 0.2) is 5.16 Å². The summed E-state index contributed by atoms with van der Waals surface area (Å²) in [5.74, 6) is 1.10. The molecule has 2 rings (SSSR count). The Balaban J connectivity index is 2.12. The Hall–Kier alpha value is -1.57. The second-order valence-corrected chi connectivity index (χ2v) is 5.16. The molecule has 0 aliphatic carbocycles. The van der Waals surface area contributed by atoms with E-state index >= 15 is 0 Å². The van der Waals surface area contributed by atoms with Crippen LogP contribution in [-0.2, 0) is 5.75 Å². The number of methoxy groups -OCH3 is 1. The number of ether oxygens (including phenoxy) is 1. The van der Waals surface area contributed by atoms with Gasteiger partial charge in [-0.1, -0.05) is 23.9 Å². The fraction of sp³-hybridized carbons (Fsp3) is 0.231. The molecule has 1 aromatic heterocycles. The Labute approximate surface area is 122 Å². The summed E-state index contributed by atoms with van der Waals surface area (Å²) >= 11 is 1.50. The third-order valence-corrected chi connectivity index (χ3v) is 3.65. The van der Waals surface area contributed by atoms with Gasteiger partial charge in [0.05, 0.1) is 7.11 Å². The van der Waals surface area contributed by atoms with E-state index in [2.05, 4.69) is 9.97 Å². The summed E-state index contributed by atoms with van der Waals surface area (Å²) in [7, 11) is -0.0546. The zero-order valence-corrected chi connectivity index (χ0v) is 12.1. The number of thioether (sulfide) groups is 1. The zero-order chi connectivity index (χ0) is 14.5. The molecule has 1 heterocycles. The van der Waals surface area contributed by atoms with Crippen LogP contribution in [0.2, 0.25) is 0 Å². The van der Waals surface area contributed by atoms with E-state index in [9.17, 15) is 10.0 Å². The highest BCUT2D eigenvalue weighted by molar-refractivity contribution is 7.98. The van der Waals surface area contributed by atoms with Crippen LogP contribution >= 0.6 is 11.8 Å². The molecule has 2 N–H and O–H groups in total. The summed E-state index contributed by atoms with van der Waals surface area (Å²) in [6.45, 7) is 1.92. The van der Waals surface area contributed by atoms with Gasteiger partial charge in [0.1, 0.15) is 5.75 Å². The minimum atomic E-state index is -1.55. The van der Waals surface area contributed by atoms with Gasteiger partial charge in [0.2, 0.25) is 0 Å². The maximum Gasteiger partial charge on any atom is 0.492 e. The van der Waals surface area contributed by atoms with Gasteiger partial charge in [-0.3, -0.25) is 0 Å². The summed E-state index contributed by atoms with van der Waals surface area (Å²) in [5, 5.41) is 19.4. The van der Waals surface area contributed by atoms with Gasteiger partial charge in [-0.2, -0.15) is 0 Å². The molecule has 104 valence electrons. The van der Waals surface area contributed by atoms with Crippen molar-refractivity contribution in [1.82, 2.24) is 9.97 Å². The molecular weight excluding hydrogens is 275 g/mol. The molecule has 0 unspecified atom stereocenters. The van der Waals surface area contributed by atoms with Crippen LogP contribution in [0.25, 0.3) is 0 Å². The number of hydrogen-bond acceptors (Lipinski definition) is 6. The van der Waals surface area contributed by atoms with Crippen molar-refractivity contribution in [2.24, 2.45) is 0 Å². The summed E-state index contributed by atoms with van der Waals surface area (Å²) in [6.07, 6.45) is 1.72. The van der Waals surface area contributed by atoms with Gasteiger partial charge in [-0.15, -0.1) is 0 Å². The predicted molar refractivity (Wildman–Crippen MR) is 79.1 cm³/mol. The van der Waals surface area contributed by atoms with Crippen LogP contribution in [0.1, 0.15) is 11.3 Å². The van der Waals surface area contributed by atoms with Crippen molar-refractivity contribution in [3.63, 3.8) is 0 Å². The van der Waals surface area contributed by atoms with Crippen molar-refractivity contribution >= 4 is 24.3 Å². The summed E-state index contributed by atoms with van der Waals surface area (Å²) in [4.78, 5) is 8.48. The van der Waals surface area contributed by atoms with E-state index in [1.165, 1.54) is 18.9 Å². The molecule has 20 heavy (non-hydrogen) atoms. The number of rotatable bonds is 5. The molecule has 2 aromatic rings. The number of nitrogens with zero attached hydrogens (tertiary/aromatic N) is 2. The first-order valence-corrected chi connectivity index (χ1v) is 7.04. The van der Waals surface area contributed by atoms with Crippen molar-refractivity contribution in [2.45, 2.75) is 17.8 Å². The molecular formula is C13H15BN2O3S. The van der Waals surface area contributed by atoms with E-state index in [1.807, 2.05) is 19.1 Å².